The summed E-state index contributed by atoms with van der Waals surface area (Å²) in [5, 5.41) is 150. The van der Waals surface area contributed by atoms with Gasteiger partial charge >= 0.3 is 83.6 Å². The van der Waals surface area contributed by atoms with Gasteiger partial charge in [0, 0.05) is 28.6 Å². The van der Waals surface area contributed by atoms with Crippen LogP contribution in [0.1, 0.15) is 207 Å². The number of carbonyl (C=O) groups is 14. The number of nitro benzene ring substituents is 1. The lowest BCUT2D eigenvalue weighted by Gasteiger charge is -2.18. The molecule has 0 bridgehead atoms. The fourth-order valence-electron chi connectivity index (χ4n) is 9.32. The number of rotatable bonds is 17. The Labute approximate surface area is 656 Å². The zero-order valence-corrected chi connectivity index (χ0v) is 62.2. The molecule has 0 aromatic heterocycles. The number of nitrogen functional groups attached to an aromatic ring is 1. The molecule has 34 heteroatoms. The molecule has 0 saturated carbocycles. The number of carboxylic acid groups (broad SMARTS) is 14. The number of nitrogens with two attached hydrogens (primary N) is 1. The summed E-state index contributed by atoms with van der Waals surface area (Å²) in [6.45, 7) is 13.8. The number of anilines is 1. The van der Waals surface area contributed by atoms with Crippen molar-refractivity contribution in [3.8, 4) is 11.5 Å². The van der Waals surface area contributed by atoms with Crippen molar-refractivity contribution < 1.29 is 154 Å². The molecule has 0 unspecified atom stereocenters. The summed E-state index contributed by atoms with van der Waals surface area (Å²) in [6.07, 6.45) is 2.10. The Balaban J connectivity index is 0.000000448. The molecular weight excluding hydrogens is 1520 g/mol. The van der Waals surface area contributed by atoms with Crippen molar-refractivity contribution in [1.29, 1.82) is 0 Å². The Bertz CT molecular complexity index is 5120. The lowest BCUT2D eigenvalue weighted by Crippen LogP contribution is -2.11. The maximum Gasteiger partial charge on any atom is 0.339 e. The molecule has 10 aromatic carbocycles. The summed E-state index contributed by atoms with van der Waals surface area (Å²) in [7, 11) is 0. The largest absolute Gasteiger partial charge is 0.507 e. The van der Waals surface area contributed by atoms with Gasteiger partial charge in [-0.3, -0.25) is 10.1 Å². The van der Waals surface area contributed by atoms with Crippen LogP contribution in [0.4, 0.5) is 11.4 Å². The monoisotopic (exact) mass is 1600 g/mol. The van der Waals surface area contributed by atoms with E-state index < -0.39 is 138 Å². The molecule has 606 valence electrons. The molecule has 0 atom stereocenters. The highest BCUT2D eigenvalue weighted by Gasteiger charge is 2.26. The molecule has 10 rings (SSSR count). The van der Waals surface area contributed by atoms with Gasteiger partial charge in [-0.05, 0) is 165 Å². The van der Waals surface area contributed by atoms with Gasteiger partial charge in [0.1, 0.15) is 22.6 Å². The molecule has 0 aliphatic heterocycles. The SMILES string of the molecule is CC(C)(C)c1ccc(C(=O)O)cc1.CCCc1ccc(C(=O)O)cc1.Cc1ccc(C(=O)O)c(C(=O)O)c1.Cc1ccc(C(=O)O)c(O)c1.Cc1ccc(C(=O)O)cc1.Nc1ccccc1C(=O)O.O=C(O)c1ccc(C(=O)O)c2c(C(=O)O)ccc(C(=O)O)c12.O=C(O)c1ccc([N+](=O)[O-])cc1C(=O)O.O=C(O)c1ccccc1O. The number of benzene rings is 10. The van der Waals surface area contributed by atoms with E-state index in [1.807, 2.05) is 31.2 Å². The number of non-ortho nitro benzene ring substituents is 1. The first-order valence-electron chi connectivity index (χ1n) is 33.0. The van der Waals surface area contributed by atoms with Crippen molar-refractivity contribution >= 4 is 106 Å². The third-order valence-corrected chi connectivity index (χ3v) is 15.1. The molecular formula is C82H76N2O32. The molecule has 0 fully saturated rings. The minimum atomic E-state index is -1.52. The zero-order chi connectivity index (χ0) is 88.3. The average molecular weight is 1600 g/mol. The number of nitro groups is 1. The fourth-order valence-corrected chi connectivity index (χ4v) is 9.32. The Morgan fingerprint density at radius 1 is 0.319 bits per heavy atom. The number of hydrogen-bond donors (Lipinski definition) is 17. The van der Waals surface area contributed by atoms with Crippen molar-refractivity contribution in [1.82, 2.24) is 0 Å². The second-order valence-electron chi connectivity index (χ2n) is 24.6. The number of carboxylic acids is 14. The highest BCUT2D eigenvalue weighted by atomic mass is 16.6. The Kier molecular flexibility index (Phi) is 37.3. The van der Waals surface area contributed by atoms with Gasteiger partial charge in [-0.2, -0.15) is 0 Å². The zero-order valence-electron chi connectivity index (χ0n) is 62.2. The molecule has 18 N–H and O–H groups in total. The Morgan fingerprint density at radius 3 is 0.922 bits per heavy atom. The van der Waals surface area contributed by atoms with Crippen LogP contribution in [-0.4, -0.2) is 170 Å². The number of hydrogen-bond acceptors (Lipinski definition) is 19. The molecule has 0 amide bonds. The predicted molar refractivity (Wildman–Crippen MR) is 414 cm³/mol. The molecule has 0 heterocycles. The van der Waals surface area contributed by atoms with E-state index in [0.29, 0.717) is 28.4 Å². The number of nitrogens with zero attached hydrogens (tertiary/aromatic N) is 1. The molecule has 0 aliphatic carbocycles. The summed E-state index contributed by atoms with van der Waals surface area (Å²) in [5.74, 6) is -17.6. The smallest absolute Gasteiger partial charge is 0.339 e. The quantitative estimate of drug-likeness (QED) is 0.0229. The molecule has 10 aromatic rings. The maximum atomic E-state index is 11.3. The molecule has 0 radical (unpaired) electrons. The number of aryl methyl sites for hydroxylation is 4. The predicted octanol–water partition coefficient (Wildman–Crippen LogP) is 14.2. The van der Waals surface area contributed by atoms with Crippen LogP contribution in [0, 0.1) is 30.9 Å². The molecule has 0 saturated heterocycles. The first-order valence-corrected chi connectivity index (χ1v) is 33.0. The first kappa shape index (κ1) is 95.9. The van der Waals surface area contributed by atoms with Crippen molar-refractivity contribution in [2.75, 3.05) is 5.73 Å². The molecule has 34 nitrogen and oxygen atoms in total. The van der Waals surface area contributed by atoms with Crippen LogP contribution in [0.3, 0.4) is 0 Å². The van der Waals surface area contributed by atoms with Gasteiger partial charge in [0.2, 0.25) is 0 Å². The van der Waals surface area contributed by atoms with Gasteiger partial charge in [0.15, 0.2) is 0 Å². The second-order valence-corrected chi connectivity index (χ2v) is 24.6. The number of fused-ring (bicyclic) bond motifs is 1. The van der Waals surface area contributed by atoms with Crippen molar-refractivity contribution in [2.45, 2.75) is 66.7 Å². The van der Waals surface area contributed by atoms with Crippen LogP contribution in [0.5, 0.6) is 11.5 Å². The van der Waals surface area contributed by atoms with Crippen LogP contribution in [0.2, 0.25) is 0 Å². The van der Waals surface area contributed by atoms with Crippen LogP contribution in [-0.2, 0) is 11.8 Å². The van der Waals surface area contributed by atoms with Gasteiger partial charge in [-0.25, -0.2) is 67.1 Å². The van der Waals surface area contributed by atoms with Crippen LogP contribution >= 0.6 is 0 Å². The van der Waals surface area contributed by atoms with E-state index in [0.717, 1.165) is 71.5 Å². The summed E-state index contributed by atoms with van der Waals surface area (Å²) in [6, 6.07) is 47.9. The van der Waals surface area contributed by atoms with Crippen LogP contribution < -0.4 is 5.73 Å². The van der Waals surface area contributed by atoms with Gasteiger partial charge in [0.25, 0.3) is 5.69 Å². The third kappa shape index (κ3) is 30.4. The molecule has 0 aliphatic rings. The summed E-state index contributed by atoms with van der Waals surface area (Å²) >= 11 is 0. The fraction of sp³-hybridized carbons (Fsp3) is 0.122. The van der Waals surface area contributed by atoms with E-state index in [1.54, 1.807) is 105 Å². The highest BCUT2D eigenvalue weighted by Crippen LogP contribution is 2.31. The van der Waals surface area contributed by atoms with Crippen molar-refractivity contribution in [3.63, 3.8) is 0 Å². The van der Waals surface area contributed by atoms with Gasteiger partial charge < -0.3 is 87.4 Å². The minimum absolute atomic E-state index is 0.0596. The van der Waals surface area contributed by atoms with E-state index in [1.165, 1.54) is 48.0 Å². The number of phenols is 2. The third-order valence-electron chi connectivity index (χ3n) is 15.1. The number of aromatic carboxylic acids is 14. The minimum Gasteiger partial charge on any atom is -0.507 e. The number of para-hydroxylation sites is 2. The van der Waals surface area contributed by atoms with Crippen LogP contribution in [0.15, 0.2) is 200 Å². The van der Waals surface area contributed by atoms with Crippen molar-refractivity contribution in [3.05, 3.63) is 316 Å². The standard InChI is InChI=1S/C14H8O8.C11H14O2.C10H12O2.C9H8O4.C8H5NO6.C8H8O3.C8H8O2.C7H7NO2.C7H6O3/c15-11(16)5-1-2-6(12(17)18)10-8(14(21)22)4-3-7(9(5)10)13(19)20;1-11(2,3)9-6-4-8(5-7-9)10(12)13;1-2-3-8-4-6-9(7-5-8)10(11)12;1-5-2-3-6(8(10)11)7(4-5)9(12)13;10-7(11)5-2-1-4(9(14)15)3-6(5)8(12)13;1-5-2-3-6(8(10)11)7(9)4-5;1-6-2-4-7(5-3-6)8(9)10;2*8-6-4-2-1-3-5(6)7(9)10/h1-4H,(H,15,16)(H,17,18)(H,19,20)(H,21,22);4-7H,1-3H3,(H,12,13);4-7H,2-3H2,1H3,(H,11,12);2-4H,1H3,(H,10,11)(H,12,13);1-3H,(H,10,11)(H,12,13);2-4,9H,1H3,(H,10,11);2-5H,1H3,(H,9,10);1-4H,8H2,(H,9,10);1-4,8H,(H,9,10). The molecule has 0 spiro atoms. The lowest BCUT2D eigenvalue weighted by molar-refractivity contribution is -0.384. The van der Waals surface area contributed by atoms with Gasteiger partial charge in [0.05, 0.1) is 71.7 Å². The second kappa shape index (κ2) is 45.1. The average Bonchev–Trinajstić information content (AvgIpc) is 0.750. The number of aromatic hydroxyl groups is 2. The Morgan fingerprint density at radius 2 is 0.612 bits per heavy atom. The summed E-state index contributed by atoms with van der Waals surface area (Å²) < 4.78 is 0. The van der Waals surface area contributed by atoms with E-state index >= 15 is 0 Å². The van der Waals surface area contributed by atoms with E-state index in [4.69, 9.17) is 87.4 Å². The van der Waals surface area contributed by atoms with E-state index in [2.05, 4.69) is 27.7 Å². The van der Waals surface area contributed by atoms with Crippen molar-refractivity contribution in [2.24, 2.45) is 0 Å². The van der Waals surface area contributed by atoms with Gasteiger partial charge in [-0.1, -0.05) is 118 Å². The molecule has 116 heavy (non-hydrogen) atoms. The topological polar surface area (TPSA) is 632 Å². The van der Waals surface area contributed by atoms with Gasteiger partial charge in [-0.15, -0.1) is 0 Å². The summed E-state index contributed by atoms with van der Waals surface area (Å²) in [4.78, 5) is 159. The Hall–Kier alpha value is -16.2. The van der Waals surface area contributed by atoms with Crippen LogP contribution in [0.25, 0.3) is 10.8 Å². The normalized spacial score (nSPS) is 9.85. The highest BCUT2D eigenvalue weighted by molar-refractivity contribution is 6.22. The van der Waals surface area contributed by atoms with E-state index in [-0.39, 0.29) is 44.7 Å². The lowest BCUT2D eigenvalue weighted by atomic mass is 9.87. The first-order chi connectivity index (χ1) is 54.1. The maximum absolute atomic E-state index is 11.3. The summed E-state index contributed by atoms with van der Waals surface area (Å²) in [5.41, 5.74) is 7.93. The van der Waals surface area contributed by atoms with E-state index in [9.17, 15) is 77.2 Å².